The Bertz CT molecular complexity index is 1240. The molecule has 0 saturated carbocycles. The van der Waals surface area contributed by atoms with Gasteiger partial charge in [-0.2, -0.15) is 18.3 Å². The van der Waals surface area contributed by atoms with Gasteiger partial charge in [0.2, 0.25) is 5.60 Å². The summed E-state index contributed by atoms with van der Waals surface area (Å²) in [7, 11) is 1.23. The summed E-state index contributed by atoms with van der Waals surface area (Å²) in [5.41, 5.74) is -2.57. The van der Waals surface area contributed by atoms with Crippen molar-refractivity contribution in [1.29, 1.82) is 0 Å². The predicted octanol–water partition coefficient (Wildman–Crippen LogP) is 5.00. The lowest BCUT2D eigenvalue weighted by Crippen LogP contribution is -2.47. The van der Waals surface area contributed by atoms with Crippen LogP contribution in [0, 0.1) is 5.82 Å². The molecule has 1 aromatic heterocycles. The maximum Gasteiger partial charge on any atom is 0.424 e. The summed E-state index contributed by atoms with van der Waals surface area (Å²) < 4.78 is 67.6. The van der Waals surface area contributed by atoms with Gasteiger partial charge in [-0.25, -0.2) is 9.07 Å². The van der Waals surface area contributed by atoms with E-state index in [4.69, 9.17) is 9.47 Å². The van der Waals surface area contributed by atoms with Crippen LogP contribution in [-0.2, 0) is 5.60 Å². The number of aromatic nitrogens is 2. The van der Waals surface area contributed by atoms with E-state index in [0.717, 1.165) is 17.8 Å². The van der Waals surface area contributed by atoms with Crippen LogP contribution in [0.1, 0.15) is 5.56 Å². The van der Waals surface area contributed by atoms with Crippen LogP contribution in [0.5, 0.6) is 11.5 Å². The first-order chi connectivity index (χ1) is 15.2. The van der Waals surface area contributed by atoms with Gasteiger partial charge < -0.3 is 14.6 Å². The molecular weight excluding hydrogens is 428 g/mol. The van der Waals surface area contributed by atoms with Gasteiger partial charge in [0.1, 0.15) is 6.61 Å². The van der Waals surface area contributed by atoms with E-state index < -0.39 is 35.5 Å². The Labute approximate surface area is 180 Å². The molecule has 0 spiro atoms. The number of rotatable bonds is 6. The molecule has 1 N–H and O–H groups in total. The molecule has 0 fully saturated rings. The van der Waals surface area contributed by atoms with Crippen molar-refractivity contribution in [2.75, 3.05) is 13.7 Å². The third-order valence-electron chi connectivity index (χ3n) is 5.09. The minimum absolute atomic E-state index is 0.0888. The Hall–Kier alpha value is -3.59. The number of alkyl halides is 3. The molecule has 0 saturated heterocycles. The summed E-state index contributed by atoms with van der Waals surface area (Å²) in [6.45, 7) is -1.27. The second-order valence-corrected chi connectivity index (χ2v) is 7.08. The van der Waals surface area contributed by atoms with Gasteiger partial charge in [0.25, 0.3) is 0 Å². The molecule has 9 heteroatoms. The molecule has 0 radical (unpaired) electrons. The Morgan fingerprint density at radius 1 is 1.00 bits per heavy atom. The van der Waals surface area contributed by atoms with Gasteiger partial charge in [0, 0.05) is 5.39 Å². The fraction of sp³-hybridized carbons (Fsp3) is 0.174. The predicted molar refractivity (Wildman–Crippen MR) is 109 cm³/mol. The molecule has 5 nitrogen and oxygen atoms in total. The van der Waals surface area contributed by atoms with Gasteiger partial charge in [-0.1, -0.05) is 30.3 Å². The number of hydrogen-bond donors (Lipinski definition) is 1. The Morgan fingerprint density at radius 3 is 2.44 bits per heavy atom. The molecule has 0 aliphatic heterocycles. The highest BCUT2D eigenvalue weighted by atomic mass is 19.4. The van der Waals surface area contributed by atoms with Crippen LogP contribution in [-0.4, -0.2) is 34.8 Å². The molecule has 4 rings (SSSR count). The first-order valence-corrected chi connectivity index (χ1v) is 9.53. The van der Waals surface area contributed by atoms with Crippen molar-refractivity contribution in [3.63, 3.8) is 0 Å². The highest BCUT2D eigenvalue weighted by molar-refractivity contribution is 5.81. The number of benzene rings is 3. The van der Waals surface area contributed by atoms with Crippen LogP contribution in [0.4, 0.5) is 17.6 Å². The Kier molecular flexibility index (Phi) is 5.52. The van der Waals surface area contributed by atoms with Crippen LogP contribution in [0.25, 0.3) is 16.6 Å². The van der Waals surface area contributed by atoms with E-state index in [2.05, 4.69) is 5.10 Å². The molecule has 1 atom stereocenters. The molecule has 1 unspecified atom stereocenters. The summed E-state index contributed by atoms with van der Waals surface area (Å²) in [6.07, 6.45) is -3.70. The van der Waals surface area contributed by atoms with Gasteiger partial charge in [-0.05, 0) is 42.0 Å². The maximum absolute atomic E-state index is 14.1. The molecule has 0 aliphatic carbocycles. The van der Waals surface area contributed by atoms with Crippen LogP contribution in [0.15, 0.2) is 72.9 Å². The van der Waals surface area contributed by atoms with Crippen LogP contribution < -0.4 is 9.47 Å². The standard InChI is InChI=1S/C23H18F4N2O3/c1-31-20-9-5-8-18(24)21(20)32-14-22(30,23(25,26)27)16-10-11-19-15(12-16)13-28-29(19)17-6-3-2-4-7-17/h2-13,30H,14H2,1H3. The van der Waals surface area contributed by atoms with E-state index >= 15 is 0 Å². The number of nitrogens with zero attached hydrogens (tertiary/aromatic N) is 2. The van der Waals surface area contributed by atoms with Crippen molar-refractivity contribution in [1.82, 2.24) is 9.78 Å². The molecular formula is C23H18F4N2O3. The third kappa shape index (κ3) is 3.75. The van der Waals surface area contributed by atoms with Crippen LogP contribution in [0.2, 0.25) is 0 Å². The minimum Gasteiger partial charge on any atom is -0.493 e. The monoisotopic (exact) mass is 446 g/mol. The Morgan fingerprint density at radius 2 is 1.75 bits per heavy atom. The number of hydrogen-bond acceptors (Lipinski definition) is 4. The maximum atomic E-state index is 14.1. The van der Waals surface area contributed by atoms with Crippen LogP contribution >= 0.6 is 0 Å². The molecule has 166 valence electrons. The van der Waals surface area contributed by atoms with E-state index in [1.54, 1.807) is 4.68 Å². The van der Waals surface area contributed by atoms with Gasteiger partial charge in [0.05, 0.1) is 24.5 Å². The van der Waals surface area contributed by atoms with E-state index in [0.29, 0.717) is 10.9 Å². The molecule has 4 aromatic rings. The summed E-state index contributed by atoms with van der Waals surface area (Å²) in [6, 6.07) is 16.5. The SMILES string of the molecule is COc1cccc(F)c1OCC(O)(c1ccc2c(cnn2-c2ccccc2)c1)C(F)(F)F. The minimum atomic E-state index is -5.10. The zero-order chi connectivity index (χ0) is 22.9. The largest absolute Gasteiger partial charge is 0.493 e. The second kappa shape index (κ2) is 8.16. The first kappa shape index (κ1) is 21.6. The van der Waals surface area contributed by atoms with E-state index in [1.807, 2.05) is 30.3 Å². The van der Waals surface area contributed by atoms with Gasteiger partial charge in [-0.3, -0.25) is 0 Å². The highest BCUT2D eigenvalue weighted by Crippen LogP contribution is 2.41. The molecule has 1 heterocycles. The molecule has 0 amide bonds. The highest BCUT2D eigenvalue weighted by Gasteiger charge is 2.56. The normalized spacial score (nSPS) is 13.7. The van der Waals surface area contributed by atoms with E-state index in [9.17, 15) is 22.7 Å². The number of para-hydroxylation sites is 2. The quantitative estimate of drug-likeness (QED) is 0.424. The summed E-state index contributed by atoms with van der Waals surface area (Å²) in [5, 5.41) is 15.3. The van der Waals surface area contributed by atoms with Crippen molar-refractivity contribution in [2.24, 2.45) is 0 Å². The summed E-state index contributed by atoms with van der Waals surface area (Å²) in [5.74, 6) is -1.52. The number of halogens is 4. The third-order valence-corrected chi connectivity index (χ3v) is 5.09. The van der Waals surface area contributed by atoms with E-state index in [1.165, 1.54) is 37.6 Å². The van der Waals surface area contributed by atoms with Crippen molar-refractivity contribution < 1.29 is 32.1 Å². The lowest BCUT2D eigenvalue weighted by atomic mass is 9.93. The molecule has 0 aliphatic rings. The smallest absolute Gasteiger partial charge is 0.424 e. The first-order valence-electron chi connectivity index (χ1n) is 9.53. The number of aliphatic hydroxyl groups is 1. The zero-order valence-electron chi connectivity index (χ0n) is 16.8. The summed E-state index contributed by atoms with van der Waals surface area (Å²) in [4.78, 5) is 0. The van der Waals surface area contributed by atoms with Crippen molar-refractivity contribution in [2.45, 2.75) is 11.8 Å². The van der Waals surface area contributed by atoms with Gasteiger partial charge in [-0.15, -0.1) is 0 Å². The van der Waals surface area contributed by atoms with E-state index in [-0.39, 0.29) is 5.75 Å². The fourth-order valence-electron chi connectivity index (χ4n) is 3.36. The van der Waals surface area contributed by atoms with Crippen molar-refractivity contribution in [3.05, 3.63) is 84.3 Å². The zero-order valence-corrected chi connectivity index (χ0v) is 16.8. The molecule has 0 bridgehead atoms. The van der Waals surface area contributed by atoms with Gasteiger partial charge in [0.15, 0.2) is 17.3 Å². The summed E-state index contributed by atoms with van der Waals surface area (Å²) >= 11 is 0. The molecule has 3 aromatic carbocycles. The second-order valence-electron chi connectivity index (χ2n) is 7.08. The van der Waals surface area contributed by atoms with Crippen molar-refractivity contribution in [3.8, 4) is 17.2 Å². The molecule has 32 heavy (non-hydrogen) atoms. The average molecular weight is 446 g/mol. The van der Waals surface area contributed by atoms with Crippen LogP contribution in [0.3, 0.4) is 0 Å². The Balaban J connectivity index is 1.72. The number of ether oxygens (including phenoxy) is 2. The van der Waals surface area contributed by atoms with Gasteiger partial charge >= 0.3 is 6.18 Å². The fourth-order valence-corrected chi connectivity index (χ4v) is 3.36. The number of methoxy groups -OCH3 is 1. The lowest BCUT2D eigenvalue weighted by Gasteiger charge is -2.31. The number of fused-ring (bicyclic) bond motifs is 1. The lowest BCUT2D eigenvalue weighted by molar-refractivity contribution is -0.275. The average Bonchev–Trinajstić information content (AvgIpc) is 3.21. The topological polar surface area (TPSA) is 56.5 Å². The van der Waals surface area contributed by atoms with Crippen molar-refractivity contribution >= 4 is 10.9 Å².